The zero-order valence-corrected chi connectivity index (χ0v) is 10.8. The van der Waals surface area contributed by atoms with E-state index in [0.717, 1.165) is 30.2 Å². The molecule has 1 aromatic carbocycles. The van der Waals surface area contributed by atoms with Crippen molar-refractivity contribution >= 4 is 5.69 Å². The molecule has 4 rings (SSSR count). The summed E-state index contributed by atoms with van der Waals surface area (Å²) in [5.41, 5.74) is 2.24. The Balaban J connectivity index is 1.96. The Hall–Kier alpha value is -1.68. The number of ether oxygens (including phenoxy) is 2. The van der Waals surface area contributed by atoms with Gasteiger partial charge in [-0.3, -0.25) is 0 Å². The molecule has 4 heteroatoms. The van der Waals surface area contributed by atoms with Crippen LogP contribution in [0.5, 0.6) is 11.5 Å². The van der Waals surface area contributed by atoms with Crippen molar-refractivity contribution in [3.05, 3.63) is 29.8 Å². The molecule has 2 unspecified atom stereocenters. The fraction of sp³-hybridized carbons (Fsp3) is 0.467. The van der Waals surface area contributed by atoms with E-state index in [0.29, 0.717) is 6.42 Å². The van der Waals surface area contributed by atoms with Gasteiger partial charge >= 0.3 is 0 Å². The molecule has 1 aromatic rings. The van der Waals surface area contributed by atoms with Crippen molar-refractivity contribution in [2.24, 2.45) is 0 Å². The van der Waals surface area contributed by atoms with Crippen LogP contribution in [0.15, 0.2) is 24.3 Å². The van der Waals surface area contributed by atoms with E-state index < -0.39 is 6.10 Å². The Morgan fingerprint density at radius 2 is 2.37 bits per heavy atom. The van der Waals surface area contributed by atoms with E-state index in [9.17, 15) is 5.11 Å². The Morgan fingerprint density at radius 1 is 1.47 bits per heavy atom. The summed E-state index contributed by atoms with van der Waals surface area (Å²) in [5.74, 6) is 1.62. The SMILES string of the molecule is COc1ccc2c3c1OC1C[C@@H](O)C=CC31CCN2. The van der Waals surface area contributed by atoms with Gasteiger partial charge in [0.05, 0.1) is 18.6 Å². The average molecular weight is 259 g/mol. The van der Waals surface area contributed by atoms with Crippen LogP contribution in [-0.2, 0) is 5.41 Å². The van der Waals surface area contributed by atoms with Gasteiger partial charge in [-0.2, -0.15) is 0 Å². The fourth-order valence-corrected chi connectivity index (χ4v) is 3.66. The summed E-state index contributed by atoms with van der Waals surface area (Å²) in [6.07, 6.45) is 5.29. The number of hydrogen-bond donors (Lipinski definition) is 2. The minimum atomic E-state index is -0.408. The van der Waals surface area contributed by atoms with Crippen molar-refractivity contribution in [1.29, 1.82) is 0 Å². The third kappa shape index (κ3) is 1.32. The topological polar surface area (TPSA) is 50.7 Å². The Morgan fingerprint density at radius 3 is 3.21 bits per heavy atom. The molecule has 3 atom stereocenters. The molecular weight excluding hydrogens is 242 g/mol. The molecule has 0 amide bonds. The predicted octanol–water partition coefficient (Wildman–Crippen LogP) is 1.83. The Kier molecular flexibility index (Phi) is 2.16. The number of hydrogen-bond acceptors (Lipinski definition) is 4. The normalized spacial score (nSPS) is 34.0. The quantitative estimate of drug-likeness (QED) is 0.755. The van der Waals surface area contributed by atoms with E-state index >= 15 is 0 Å². The maximum absolute atomic E-state index is 9.85. The van der Waals surface area contributed by atoms with Gasteiger partial charge in [0.1, 0.15) is 6.10 Å². The number of benzene rings is 1. The molecule has 19 heavy (non-hydrogen) atoms. The minimum Gasteiger partial charge on any atom is -0.493 e. The number of aliphatic hydroxyl groups excluding tert-OH is 1. The van der Waals surface area contributed by atoms with Gasteiger partial charge in [-0.25, -0.2) is 0 Å². The predicted molar refractivity (Wildman–Crippen MR) is 72.0 cm³/mol. The maximum Gasteiger partial charge on any atom is 0.167 e. The first-order valence-corrected chi connectivity index (χ1v) is 6.74. The lowest BCUT2D eigenvalue weighted by Gasteiger charge is -2.39. The molecule has 1 aliphatic carbocycles. The largest absolute Gasteiger partial charge is 0.493 e. The van der Waals surface area contributed by atoms with Gasteiger partial charge < -0.3 is 19.9 Å². The highest BCUT2D eigenvalue weighted by atomic mass is 16.5. The van der Waals surface area contributed by atoms with E-state index in [-0.39, 0.29) is 11.5 Å². The van der Waals surface area contributed by atoms with Crippen molar-refractivity contribution in [1.82, 2.24) is 0 Å². The molecule has 0 saturated carbocycles. The molecule has 0 fully saturated rings. The van der Waals surface area contributed by atoms with Gasteiger partial charge in [0.2, 0.25) is 0 Å². The molecule has 2 aliphatic heterocycles. The van der Waals surface area contributed by atoms with Crippen LogP contribution in [0.3, 0.4) is 0 Å². The molecule has 2 heterocycles. The standard InChI is InChI=1S/C15H17NO3/c1-18-11-3-2-10-13-14(11)19-12-8-9(17)4-5-15(12,13)6-7-16-10/h2-5,9,12,16-17H,6-8H2,1H3/t9-,12?,15?/m0/s1. The summed E-state index contributed by atoms with van der Waals surface area (Å²) in [5, 5.41) is 13.3. The fourth-order valence-electron chi connectivity index (χ4n) is 3.66. The second kappa shape index (κ2) is 3.67. The van der Waals surface area contributed by atoms with Crippen LogP contribution in [0, 0.1) is 0 Å². The van der Waals surface area contributed by atoms with E-state index in [4.69, 9.17) is 9.47 Å². The first kappa shape index (κ1) is 11.2. The monoisotopic (exact) mass is 259 g/mol. The number of anilines is 1. The highest BCUT2D eigenvalue weighted by molar-refractivity contribution is 5.71. The van der Waals surface area contributed by atoms with Crippen LogP contribution in [0.2, 0.25) is 0 Å². The molecule has 4 nitrogen and oxygen atoms in total. The van der Waals surface area contributed by atoms with Crippen LogP contribution in [0.25, 0.3) is 0 Å². The first-order chi connectivity index (χ1) is 9.24. The van der Waals surface area contributed by atoms with Crippen LogP contribution < -0.4 is 14.8 Å². The number of rotatable bonds is 1. The van der Waals surface area contributed by atoms with Gasteiger partial charge in [0.25, 0.3) is 0 Å². The first-order valence-electron chi connectivity index (χ1n) is 6.74. The van der Waals surface area contributed by atoms with Crippen LogP contribution in [0.1, 0.15) is 18.4 Å². The van der Waals surface area contributed by atoms with Gasteiger partial charge in [0, 0.05) is 24.2 Å². The van der Waals surface area contributed by atoms with Gasteiger partial charge in [-0.05, 0) is 18.6 Å². The summed E-state index contributed by atoms with van der Waals surface area (Å²) in [6, 6.07) is 4.00. The van der Waals surface area contributed by atoms with Crippen molar-refractivity contribution in [3.8, 4) is 11.5 Å². The van der Waals surface area contributed by atoms with Crippen molar-refractivity contribution in [3.63, 3.8) is 0 Å². The summed E-state index contributed by atoms with van der Waals surface area (Å²) in [7, 11) is 1.66. The minimum absolute atomic E-state index is 0.0136. The lowest BCUT2D eigenvalue weighted by molar-refractivity contribution is 0.0853. The summed E-state index contributed by atoms with van der Waals surface area (Å²) < 4.78 is 11.6. The lowest BCUT2D eigenvalue weighted by atomic mass is 9.68. The van der Waals surface area contributed by atoms with Crippen LogP contribution in [0.4, 0.5) is 5.69 Å². The van der Waals surface area contributed by atoms with Gasteiger partial charge in [-0.1, -0.05) is 12.2 Å². The zero-order valence-electron chi connectivity index (χ0n) is 10.8. The third-order valence-corrected chi connectivity index (χ3v) is 4.57. The molecule has 0 aromatic heterocycles. The van der Waals surface area contributed by atoms with Crippen LogP contribution in [-0.4, -0.2) is 31.0 Å². The highest BCUT2D eigenvalue weighted by Gasteiger charge is 2.53. The molecule has 100 valence electrons. The van der Waals surface area contributed by atoms with Crippen molar-refractivity contribution in [2.75, 3.05) is 19.0 Å². The number of nitrogens with one attached hydrogen (secondary N) is 1. The molecular formula is C15H17NO3. The number of methoxy groups -OCH3 is 1. The molecule has 3 aliphatic rings. The average Bonchev–Trinajstić information content (AvgIpc) is 2.76. The van der Waals surface area contributed by atoms with E-state index in [2.05, 4.69) is 17.5 Å². The van der Waals surface area contributed by atoms with E-state index in [1.54, 1.807) is 7.11 Å². The molecule has 0 bridgehead atoms. The highest BCUT2D eigenvalue weighted by Crippen LogP contribution is 2.57. The molecule has 2 N–H and O–H groups in total. The maximum atomic E-state index is 9.85. The Labute approximate surface area is 112 Å². The molecule has 0 saturated heterocycles. The van der Waals surface area contributed by atoms with Crippen LogP contribution >= 0.6 is 0 Å². The third-order valence-electron chi connectivity index (χ3n) is 4.57. The van der Waals surface area contributed by atoms with Gasteiger partial charge in [0.15, 0.2) is 11.5 Å². The summed E-state index contributed by atoms with van der Waals surface area (Å²) >= 11 is 0. The second-order valence-corrected chi connectivity index (χ2v) is 5.51. The van der Waals surface area contributed by atoms with E-state index in [1.807, 2.05) is 12.1 Å². The smallest absolute Gasteiger partial charge is 0.167 e. The Bertz CT molecular complexity index is 569. The number of aliphatic hydroxyl groups is 1. The van der Waals surface area contributed by atoms with Crippen molar-refractivity contribution < 1.29 is 14.6 Å². The summed E-state index contributed by atoms with van der Waals surface area (Å²) in [6.45, 7) is 0.930. The second-order valence-electron chi connectivity index (χ2n) is 5.51. The van der Waals surface area contributed by atoms with E-state index in [1.165, 1.54) is 5.56 Å². The van der Waals surface area contributed by atoms with Gasteiger partial charge in [-0.15, -0.1) is 0 Å². The van der Waals surface area contributed by atoms with Crippen molar-refractivity contribution in [2.45, 2.75) is 30.5 Å². The molecule has 1 spiro atoms. The zero-order chi connectivity index (χ0) is 13.0. The summed E-state index contributed by atoms with van der Waals surface area (Å²) in [4.78, 5) is 0. The lowest BCUT2D eigenvalue weighted by Crippen LogP contribution is -2.44. The molecule has 0 radical (unpaired) electrons.